The van der Waals surface area contributed by atoms with Crippen LogP contribution in [0.4, 0.5) is 4.39 Å². The first-order valence-corrected chi connectivity index (χ1v) is 8.60. The Morgan fingerprint density at radius 1 is 1.21 bits per heavy atom. The SMILES string of the molecule is CCN1CCN(C(=O)[C@@H]2CC(=O)N(Cc3ccccc3F)C2)CC1. The predicted octanol–water partition coefficient (Wildman–Crippen LogP) is 1.34. The molecule has 0 radical (unpaired) electrons. The van der Waals surface area contributed by atoms with Crippen LogP contribution in [0.2, 0.25) is 0 Å². The van der Waals surface area contributed by atoms with Gasteiger partial charge in [0.25, 0.3) is 0 Å². The van der Waals surface area contributed by atoms with Gasteiger partial charge in [0.05, 0.1) is 5.92 Å². The summed E-state index contributed by atoms with van der Waals surface area (Å²) in [5.74, 6) is -0.604. The standard InChI is InChI=1S/C18H24FN3O2/c1-2-20-7-9-21(10-8-20)18(24)15-11-17(23)22(13-15)12-14-5-3-4-6-16(14)19/h3-6,15H,2,7-13H2,1H3/t15-/m1/s1. The Bertz CT molecular complexity index is 614. The van der Waals surface area contributed by atoms with Crippen LogP contribution in [0.3, 0.4) is 0 Å². The zero-order valence-corrected chi connectivity index (χ0v) is 14.1. The molecule has 0 aliphatic carbocycles. The van der Waals surface area contributed by atoms with Gasteiger partial charge in [0, 0.05) is 51.3 Å². The second-order valence-electron chi connectivity index (χ2n) is 6.53. The molecule has 0 saturated carbocycles. The number of benzene rings is 1. The monoisotopic (exact) mass is 333 g/mol. The van der Waals surface area contributed by atoms with Gasteiger partial charge in [-0.05, 0) is 12.6 Å². The normalized spacial score (nSPS) is 22.2. The second kappa shape index (κ2) is 7.30. The minimum atomic E-state index is -0.309. The third kappa shape index (κ3) is 3.59. The van der Waals surface area contributed by atoms with E-state index in [0.29, 0.717) is 12.1 Å². The molecule has 0 bridgehead atoms. The molecule has 0 spiro atoms. The minimum Gasteiger partial charge on any atom is -0.340 e. The van der Waals surface area contributed by atoms with E-state index < -0.39 is 0 Å². The molecule has 5 nitrogen and oxygen atoms in total. The van der Waals surface area contributed by atoms with Crippen molar-refractivity contribution in [1.82, 2.24) is 14.7 Å². The summed E-state index contributed by atoms with van der Waals surface area (Å²) in [6.45, 7) is 6.98. The number of hydrogen-bond acceptors (Lipinski definition) is 3. The number of rotatable bonds is 4. The number of nitrogens with zero attached hydrogens (tertiary/aromatic N) is 3. The van der Waals surface area contributed by atoms with Gasteiger partial charge in [-0.1, -0.05) is 25.1 Å². The summed E-state index contributed by atoms with van der Waals surface area (Å²) in [7, 11) is 0. The number of likely N-dealkylation sites (tertiary alicyclic amines) is 1. The lowest BCUT2D eigenvalue weighted by Crippen LogP contribution is -2.50. The highest BCUT2D eigenvalue weighted by Gasteiger charge is 2.37. The first kappa shape index (κ1) is 16.9. The largest absolute Gasteiger partial charge is 0.340 e. The van der Waals surface area contributed by atoms with E-state index in [9.17, 15) is 14.0 Å². The predicted molar refractivity (Wildman–Crippen MR) is 88.6 cm³/mol. The van der Waals surface area contributed by atoms with E-state index in [4.69, 9.17) is 0 Å². The van der Waals surface area contributed by atoms with E-state index in [2.05, 4.69) is 11.8 Å². The van der Waals surface area contributed by atoms with Crippen LogP contribution in [0.15, 0.2) is 24.3 Å². The van der Waals surface area contributed by atoms with E-state index in [1.807, 2.05) is 4.90 Å². The maximum Gasteiger partial charge on any atom is 0.228 e. The second-order valence-corrected chi connectivity index (χ2v) is 6.53. The Balaban J connectivity index is 1.58. The summed E-state index contributed by atoms with van der Waals surface area (Å²) in [6, 6.07) is 6.47. The quantitative estimate of drug-likeness (QED) is 0.835. The highest BCUT2D eigenvalue weighted by Crippen LogP contribution is 2.23. The van der Waals surface area contributed by atoms with E-state index in [0.717, 1.165) is 32.7 Å². The first-order chi connectivity index (χ1) is 11.6. The fraction of sp³-hybridized carbons (Fsp3) is 0.556. The molecule has 2 saturated heterocycles. The fourth-order valence-corrected chi connectivity index (χ4v) is 3.47. The number of halogens is 1. The molecular formula is C18H24FN3O2. The summed E-state index contributed by atoms with van der Waals surface area (Å²) < 4.78 is 13.8. The molecule has 0 N–H and O–H groups in total. The third-order valence-electron chi connectivity index (χ3n) is 5.01. The average molecular weight is 333 g/mol. The molecule has 1 aromatic carbocycles. The van der Waals surface area contributed by atoms with Gasteiger partial charge in [0.2, 0.25) is 11.8 Å². The fourth-order valence-electron chi connectivity index (χ4n) is 3.47. The van der Waals surface area contributed by atoms with Gasteiger partial charge < -0.3 is 14.7 Å². The molecular weight excluding hydrogens is 309 g/mol. The van der Waals surface area contributed by atoms with E-state index in [1.165, 1.54) is 6.07 Å². The van der Waals surface area contributed by atoms with Crippen LogP contribution < -0.4 is 0 Å². The minimum absolute atomic E-state index is 0.0649. The highest BCUT2D eigenvalue weighted by molar-refractivity contribution is 5.89. The molecule has 2 heterocycles. The molecule has 1 atom stereocenters. The van der Waals surface area contributed by atoms with Crippen LogP contribution in [0.1, 0.15) is 18.9 Å². The van der Waals surface area contributed by atoms with Gasteiger partial charge in [-0.25, -0.2) is 4.39 Å². The zero-order chi connectivity index (χ0) is 17.1. The summed E-state index contributed by atoms with van der Waals surface area (Å²) in [6.07, 6.45) is 0.237. The lowest BCUT2D eigenvalue weighted by atomic mass is 10.1. The smallest absolute Gasteiger partial charge is 0.228 e. The van der Waals surface area contributed by atoms with Gasteiger partial charge >= 0.3 is 0 Å². The molecule has 130 valence electrons. The van der Waals surface area contributed by atoms with E-state index in [-0.39, 0.29) is 36.5 Å². The maximum absolute atomic E-state index is 13.8. The molecule has 6 heteroatoms. The Morgan fingerprint density at radius 3 is 2.58 bits per heavy atom. The van der Waals surface area contributed by atoms with Crippen molar-refractivity contribution in [2.24, 2.45) is 5.92 Å². The lowest BCUT2D eigenvalue weighted by Gasteiger charge is -2.35. The molecule has 0 aromatic heterocycles. The number of hydrogen-bond donors (Lipinski definition) is 0. The molecule has 2 fully saturated rings. The number of piperazine rings is 1. The lowest BCUT2D eigenvalue weighted by molar-refractivity contribution is -0.137. The van der Waals surface area contributed by atoms with Crippen LogP contribution in [0, 0.1) is 11.7 Å². The van der Waals surface area contributed by atoms with Crippen LogP contribution in [-0.2, 0) is 16.1 Å². The molecule has 0 unspecified atom stereocenters. The van der Waals surface area contributed by atoms with Crippen molar-refractivity contribution >= 4 is 11.8 Å². The van der Waals surface area contributed by atoms with Crippen molar-refractivity contribution in [1.29, 1.82) is 0 Å². The van der Waals surface area contributed by atoms with Crippen molar-refractivity contribution in [2.75, 3.05) is 39.3 Å². The summed E-state index contributed by atoms with van der Waals surface area (Å²) >= 11 is 0. The molecule has 3 rings (SSSR count). The number of amides is 2. The van der Waals surface area contributed by atoms with Gasteiger partial charge in [-0.2, -0.15) is 0 Å². The van der Waals surface area contributed by atoms with Gasteiger partial charge in [-0.15, -0.1) is 0 Å². The van der Waals surface area contributed by atoms with Crippen LogP contribution >= 0.6 is 0 Å². The zero-order valence-electron chi connectivity index (χ0n) is 14.1. The van der Waals surface area contributed by atoms with Crippen molar-refractivity contribution in [2.45, 2.75) is 19.9 Å². The Kier molecular flexibility index (Phi) is 5.14. The number of likely N-dealkylation sites (N-methyl/N-ethyl adjacent to an activating group) is 1. The third-order valence-corrected chi connectivity index (χ3v) is 5.01. The van der Waals surface area contributed by atoms with Crippen LogP contribution in [-0.4, -0.2) is 65.8 Å². The summed E-state index contributed by atoms with van der Waals surface area (Å²) in [4.78, 5) is 30.7. The van der Waals surface area contributed by atoms with Crippen molar-refractivity contribution in [3.63, 3.8) is 0 Å². The van der Waals surface area contributed by atoms with Crippen molar-refractivity contribution in [3.05, 3.63) is 35.6 Å². The average Bonchev–Trinajstić information content (AvgIpc) is 2.97. The number of carbonyl (C=O) groups excluding carboxylic acids is 2. The Morgan fingerprint density at radius 2 is 1.92 bits per heavy atom. The van der Waals surface area contributed by atoms with Crippen LogP contribution in [0.25, 0.3) is 0 Å². The highest BCUT2D eigenvalue weighted by atomic mass is 19.1. The number of carbonyl (C=O) groups is 2. The summed E-state index contributed by atoms with van der Waals surface area (Å²) in [5, 5.41) is 0. The van der Waals surface area contributed by atoms with Crippen LogP contribution in [0.5, 0.6) is 0 Å². The first-order valence-electron chi connectivity index (χ1n) is 8.60. The van der Waals surface area contributed by atoms with E-state index in [1.54, 1.807) is 23.1 Å². The van der Waals surface area contributed by atoms with E-state index >= 15 is 0 Å². The molecule has 2 amide bonds. The topological polar surface area (TPSA) is 43.9 Å². The van der Waals surface area contributed by atoms with Gasteiger partial charge in [0.1, 0.15) is 5.82 Å². The van der Waals surface area contributed by atoms with Crippen molar-refractivity contribution in [3.8, 4) is 0 Å². The van der Waals surface area contributed by atoms with Gasteiger partial charge in [0.15, 0.2) is 0 Å². The molecule has 2 aliphatic heterocycles. The molecule has 24 heavy (non-hydrogen) atoms. The van der Waals surface area contributed by atoms with Crippen molar-refractivity contribution < 1.29 is 14.0 Å². The molecule has 1 aromatic rings. The van der Waals surface area contributed by atoms with Gasteiger partial charge in [-0.3, -0.25) is 9.59 Å². The molecule has 2 aliphatic rings. The summed E-state index contributed by atoms with van der Waals surface area (Å²) in [5.41, 5.74) is 0.496. The maximum atomic E-state index is 13.8. The Labute approximate surface area is 142 Å². The Hall–Kier alpha value is -1.95.